The number of hydrogen-bond acceptors (Lipinski definition) is 2. The van der Waals surface area contributed by atoms with E-state index in [2.05, 4.69) is 20.8 Å². The molecule has 0 fully saturated rings. The van der Waals surface area contributed by atoms with Gasteiger partial charge in [0.25, 0.3) is 0 Å². The van der Waals surface area contributed by atoms with E-state index in [4.69, 9.17) is 25.0 Å². The van der Waals surface area contributed by atoms with E-state index in [1.807, 2.05) is 0 Å². The number of phosphoric acid groups is 1. The Bertz CT molecular complexity index is 139. The predicted molar refractivity (Wildman–Crippen MR) is 47.4 cm³/mol. The van der Waals surface area contributed by atoms with Crippen molar-refractivity contribution in [1.82, 2.24) is 0 Å². The lowest BCUT2D eigenvalue weighted by molar-refractivity contribution is 0.275. The Labute approximate surface area is 72.8 Å². The SMILES string of the molecule is CCC(C)(N)CC.O=P(O)(O)O. The Morgan fingerprint density at radius 3 is 1.42 bits per heavy atom. The summed E-state index contributed by atoms with van der Waals surface area (Å²) in [4.78, 5) is 21.6. The normalized spacial score (nSPS) is 11.9. The molecule has 0 spiro atoms. The lowest BCUT2D eigenvalue weighted by Crippen LogP contribution is -2.33. The Balaban J connectivity index is 0. The molecule has 0 radical (unpaired) electrons. The van der Waals surface area contributed by atoms with Gasteiger partial charge < -0.3 is 20.4 Å². The first-order valence-electron chi connectivity index (χ1n) is 3.69. The molecule has 12 heavy (non-hydrogen) atoms. The molecule has 0 saturated carbocycles. The van der Waals surface area contributed by atoms with Crippen LogP contribution < -0.4 is 5.73 Å². The van der Waals surface area contributed by atoms with Gasteiger partial charge in [0, 0.05) is 5.54 Å². The molecule has 5 N–H and O–H groups in total. The van der Waals surface area contributed by atoms with Crippen LogP contribution in [0.4, 0.5) is 0 Å². The van der Waals surface area contributed by atoms with Gasteiger partial charge in [-0.15, -0.1) is 0 Å². The summed E-state index contributed by atoms with van der Waals surface area (Å²) in [6.07, 6.45) is 2.15. The van der Waals surface area contributed by atoms with Crippen molar-refractivity contribution in [2.75, 3.05) is 0 Å². The number of hydrogen-bond donors (Lipinski definition) is 4. The van der Waals surface area contributed by atoms with E-state index in [1.165, 1.54) is 0 Å². The minimum atomic E-state index is -4.64. The molecule has 0 aliphatic heterocycles. The fourth-order valence-corrected chi connectivity index (χ4v) is 0.250. The molecule has 76 valence electrons. The van der Waals surface area contributed by atoms with Crippen molar-refractivity contribution >= 4 is 7.82 Å². The highest BCUT2D eigenvalue weighted by atomic mass is 31.2. The van der Waals surface area contributed by atoms with Crippen molar-refractivity contribution in [3.05, 3.63) is 0 Å². The topological polar surface area (TPSA) is 104 Å². The number of rotatable bonds is 2. The molecule has 0 atom stereocenters. The van der Waals surface area contributed by atoms with E-state index in [0.717, 1.165) is 12.8 Å². The highest BCUT2D eigenvalue weighted by Gasteiger charge is 2.10. The molecule has 0 heterocycles. The van der Waals surface area contributed by atoms with E-state index in [-0.39, 0.29) is 5.54 Å². The van der Waals surface area contributed by atoms with Crippen LogP contribution in [0.1, 0.15) is 33.6 Å². The van der Waals surface area contributed by atoms with Gasteiger partial charge in [-0.1, -0.05) is 13.8 Å². The molecule has 0 aliphatic rings. The molecule has 0 aromatic heterocycles. The average Bonchev–Trinajstić information content (AvgIpc) is 1.85. The zero-order valence-electron chi connectivity index (χ0n) is 7.69. The molecule has 0 amide bonds. The minimum absolute atomic E-state index is 0.0833. The molecule has 6 heteroatoms. The van der Waals surface area contributed by atoms with Gasteiger partial charge in [0.1, 0.15) is 0 Å². The van der Waals surface area contributed by atoms with Crippen LogP contribution >= 0.6 is 7.82 Å². The van der Waals surface area contributed by atoms with Gasteiger partial charge in [0.05, 0.1) is 0 Å². The van der Waals surface area contributed by atoms with Crippen molar-refractivity contribution < 1.29 is 19.2 Å². The second kappa shape index (κ2) is 5.67. The van der Waals surface area contributed by atoms with E-state index in [1.54, 1.807) is 0 Å². The van der Waals surface area contributed by atoms with Crippen LogP contribution in [0.15, 0.2) is 0 Å². The fraction of sp³-hybridized carbons (Fsp3) is 1.00. The molecule has 0 aliphatic carbocycles. The van der Waals surface area contributed by atoms with Crippen molar-refractivity contribution in [3.63, 3.8) is 0 Å². The van der Waals surface area contributed by atoms with E-state index in [9.17, 15) is 0 Å². The van der Waals surface area contributed by atoms with Gasteiger partial charge in [-0.2, -0.15) is 0 Å². The third-order valence-corrected chi connectivity index (χ3v) is 1.62. The molecule has 5 nitrogen and oxygen atoms in total. The quantitative estimate of drug-likeness (QED) is 0.487. The summed E-state index contributed by atoms with van der Waals surface area (Å²) in [6, 6.07) is 0. The summed E-state index contributed by atoms with van der Waals surface area (Å²) >= 11 is 0. The minimum Gasteiger partial charge on any atom is -0.325 e. The first-order chi connectivity index (χ1) is 5.12. The van der Waals surface area contributed by atoms with Crippen LogP contribution in [-0.2, 0) is 4.57 Å². The second-order valence-electron chi connectivity index (χ2n) is 2.87. The zero-order valence-corrected chi connectivity index (χ0v) is 8.58. The predicted octanol–water partition coefficient (Wildman–Crippen LogP) is 0.595. The Hall–Kier alpha value is 0.0700. The van der Waals surface area contributed by atoms with E-state index >= 15 is 0 Å². The Morgan fingerprint density at radius 2 is 1.42 bits per heavy atom. The first kappa shape index (κ1) is 14.6. The zero-order chi connectivity index (χ0) is 10.4. The lowest BCUT2D eigenvalue weighted by Gasteiger charge is -2.18. The average molecular weight is 199 g/mol. The van der Waals surface area contributed by atoms with Crippen LogP contribution in [0.2, 0.25) is 0 Å². The van der Waals surface area contributed by atoms with Crippen molar-refractivity contribution in [2.24, 2.45) is 5.73 Å². The van der Waals surface area contributed by atoms with Gasteiger partial charge in [0.15, 0.2) is 0 Å². The van der Waals surface area contributed by atoms with Crippen molar-refractivity contribution in [1.29, 1.82) is 0 Å². The monoisotopic (exact) mass is 199 g/mol. The maximum atomic E-state index is 8.88. The van der Waals surface area contributed by atoms with Crippen LogP contribution in [0.25, 0.3) is 0 Å². The molecule has 0 unspecified atom stereocenters. The Morgan fingerprint density at radius 1 is 1.25 bits per heavy atom. The summed E-state index contributed by atoms with van der Waals surface area (Å²) in [6.45, 7) is 6.31. The van der Waals surface area contributed by atoms with Crippen molar-refractivity contribution in [3.8, 4) is 0 Å². The molecule has 0 bridgehead atoms. The van der Waals surface area contributed by atoms with Crippen LogP contribution in [0, 0.1) is 0 Å². The van der Waals surface area contributed by atoms with E-state index < -0.39 is 7.82 Å². The van der Waals surface area contributed by atoms with Gasteiger partial charge in [-0.05, 0) is 19.8 Å². The van der Waals surface area contributed by atoms with Gasteiger partial charge in [-0.3, -0.25) is 0 Å². The lowest BCUT2D eigenvalue weighted by atomic mass is 9.98. The maximum absolute atomic E-state index is 8.88. The molecular formula is C6H18NO4P. The summed E-state index contributed by atoms with van der Waals surface area (Å²) < 4.78 is 8.88. The summed E-state index contributed by atoms with van der Waals surface area (Å²) in [5.41, 5.74) is 5.80. The summed E-state index contributed by atoms with van der Waals surface area (Å²) in [7, 11) is -4.64. The smallest absolute Gasteiger partial charge is 0.325 e. The molecule has 0 saturated heterocycles. The molecule has 0 aromatic rings. The third-order valence-electron chi connectivity index (χ3n) is 1.62. The molecular weight excluding hydrogens is 181 g/mol. The van der Waals surface area contributed by atoms with Gasteiger partial charge in [-0.25, -0.2) is 4.57 Å². The standard InChI is InChI=1S/C6H15N.H3O4P/c1-4-6(3,7)5-2;1-5(2,3)4/h4-5,7H2,1-3H3;(H3,1,2,3,4). The third kappa shape index (κ3) is 22.5. The maximum Gasteiger partial charge on any atom is 0.466 e. The van der Waals surface area contributed by atoms with Crippen LogP contribution in [-0.4, -0.2) is 20.2 Å². The molecule has 0 rings (SSSR count). The van der Waals surface area contributed by atoms with Crippen LogP contribution in [0.5, 0.6) is 0 Å². The van der Waals surface area contributed by atoms with Crippen molar-refractivity contribution in [2.45, 2.75) is 39.2 Å². The highest BCUT2D eigenvalue weighted by Crippen LogP contribution is 2.25. The largest absolute Gasteiger partial charge is 0.466 e. The Kier molecular flexibility index (Phi) is 6.89. The van der Waals surface area contributed by atoms with Crippen LogP contribution in [0.3, 0.4) is 0 Å². The van der Waals surface area contributed by atoms with Gasteiger partial charge in [0.2, 0.25) is 0 Å². The van der Waals surface area contributed by atoms with E-state index in [0.29, 0.717) is 0 Å². The summed E-state index contributed by atoms with van der Waals surface area (Å²) in [5, 5.41) is 0. The van der Waals surface area contributed by atoms with Gasteiger partial charge >= 0.3 is 7.82 Å². The molecule has 0 aromatic carbocycles. The number of nitrogens with two attached hydrogens (primary N) is 1. The first-order valence-corrected chi connectivity index (χ1v) is 5.26. The fourth-order valence-electron chi connectivity index (χ4n) is 0.250. The highest BCUT2D eigenvalue weighted by molar-refractivity contribution is 7.45. The summed E-state index contributed by atoms with van der Waals surface area (Å²) in [5.74, 6) is 0. The second-order valence-corrected chi connectivity index (χ2v) is 3.90.